The van der Waals surface area contributed by atoms with Crippen LogP contribution < -0.4 is 10.2 Å². The molecule has 7 heteroatoms. The largest absolute Gasteiger partial charge is 0.352 e. The minimum Gasteiger partial charge on any atom is -0.352 e. The second kappa shape index (κ2) is 7.57. The number of hydrogen-bond acceptors (Lipinski definition) is 5. The molecule has 0 radical (unpaired) electrons. The van der Waals surface area contributed by atoms with E-state index in [1.54, 1.807) is 6.07 Å². The van der Waals surface area contributed by atoms with E-state index in [9.17, 15) is 9.18 Å². The normalized spacial score (nSPS) is 20.0. The zero-order valence-corrected chi connectivity index (χ0v) is 16.2. The lowest BCUT2D eigenvalue weighted by atomic mass is 9.92. The molecule has 1 saturated heterocycles. The van der Waals surface area contributed by atoms with E-state index in [0.717, 1.165) is 55.9 Å². The molecule has 2 aromatic carbocycles. The first-order chi connectivity index (χ1) is 14.2. The van der Waals surface area contributed by atoms with Crippen molar-refractivity contribution in [2.75, 3.05) is 44.2 Å². The summed E-state index contributed by atoms with van der Waals surface area (Å²) >= 11 is 0. The second-order valence-corrected chi connectivity index (χ2v) is 7.80. The number of nitrogens with zero attached hydrogens (tertiary/aromatic N) is 3. The van der Waals surface area contributed by atoms with Crippen molar-refractivity contribution in [1.29, 1.82) is 0 Å². The Morgan fingerprint density at radius 2 is 1.97 bits per heavy atom. The molecule has 1 atom stereocenters. The van der Waals surface area contributed by atoms with Gasteiger partial charge >= 0.3 is 0 Å². The minimum absolute atomic E-state index is 0.205. The topological polar surface area (TPSA) is 64.3 Å². The van der Waals surface area contributed by atoms with Gasteiger partial charge in [0.05, 0.1) is 18.1 Å². The van der Waals surface area contributed by atoms with Crippen molar-refractivity contribution in [3.63, 3.8) is 0 Å². The fourth-order valence-corrected chi connectivity index (χ4v) is 4.44. The first kappa shape index (κ1) is 18.3. The van der Waals surface area contributed by atoms with Crippen molar-refractivity contribution in [3.8, 4) is 0 Å². The molecule has 0 bridgehead atoms. The molecular weight excluding hydrogens is 369 g/mol. The molecule has 3 aromatic rings. The molecule has 1 unspecified atom stereocenters. The van der Waals surface area contributed by atoms with Crippen LogP contribution in [0.2, 0.25) is 0 Å². The monoisotopic (exact) mass is 393 g/mol. The number of ketones is 1. The highest BCUT2D eigenvalue weighted by atomic mass is 19.1. The van der Waals surface area contributed by atoms with Crippen LogP contribution in [0.5, 0.6) is 0 Å². The fourth-order valence-electron chi connectivity index (χ4n) is 4.44. The van der Waals surface area contributed by atoms with E-state index in [-0.39, 0.29) is 17.6 Å². The number of piperazine rings is 1. The van der Waals surface area contributed by atoms with E-state index >= 15 is 0 Å². The van der Waals surface area contributed by atoms with Gasteiger partial charge < -0.3 is 10.2 Å². The van der Waals surface area contributed by atoms with Crippen molar-refractivity contribution in [3.05, 3.63) is 59.4 Å². The van der Waals surface area contributed by atoms with Crippen molar-refractivity contribution < 1.29 is 9.18 Å². The third-order valence-corrected chi connectivity index (χ3v) is 5.99. The van der Waals surface area contributed by atoms with Gasteiger partial charge in [-0.3, -0.25) is 14.8 Å². The van der Waals surface area contributed by atoms with Crippen LogP contribution in [0.1, 0.15) is 17.2 Å². The number of aromatic nitrogens is 2. The SMILES string of the molecule is O=C(CN1CCN(c2n[nH]c3cc(F)ccc23)CC1)C1NCCc2ccccc21. The number of anilines is 1. The number of halogens is 1. The Balaban J connectivity index is 1.23. The zero-order chi connectivity index (χ0) is 19.8. The lowest BCUT2D eigenvalue weighted by molar-refractivity contribution is -0.122. The number of hydrogen-bond donors (Lipinski definition) is 2. The Kier molecular flexibility index (Phi) is 4.77. The van der Waals surface area contributed by atoms with Gasteiger partial charge in [0.2, 0.25) is 0 Å². The molecule has 0 amide bonds. The fraction of sp³-hybridized carbons (Fsp3) is 0.364. The van der Waals surface area contributed by atoms with Gasteiger partial charge in [-0.05, 0) is 35.7 Å². The number of carbonyl (C=O) groups excluding carboxylic acids is 1. The maximum absolute atomic E-state index is 13.4. The molecule has 2 aliphatic rings. The average molecular weight is 393 g/mol. The van der Waals surface area contributed by atoms with Crippen LogP contribution in [0.3, 0.4) is 0 Å². The number of rotatable bonds is 4. The predicted octanol–water partition coefficient (Wildman–Crippen LogP) is 2.28. The Morgan fingerprint density at radius 3 is 2.83 bits per heavy atom. The van der Waals surface area contributed by atoms with Gasteiger partial charge in [0, 0.05) is 38.1 Å². The maximum atomic E-state index is 13.4. The van der Waals surface area contributed by atoms with E-state index < -0.39 is 0 Å². The Morgan fingerprint density at radius 1 is 1.14 bits per heavy atom. The van der Waals surface area contributed by atoms with E-state index in [4.69, 9.17) is 0 Å². The van der Waals surface area contributed by atoms with Crippen LogP contribution >= 0.6 is 0 Å². The van der Waals surface area contributed by atoms with Crippen LogP contribution in [0.15, 0.2) is 42.5 Å². The summed E-state index contributed by atoms with van der Waals surface area (Å²) in [7, 11) is 0. The van der Waals surface area contributed by atoms with Crippen LogP contribution in [0.25, 0.3) is 10.9 Å². The van der Waals surface area contributed by atoms with Crippen molar-refractivity contribution >= 4 is 22.5 Å². The highest BCUT2D eigenvalue weighted by molar-refractivity contribution is 5.90. The van der Waals surface area contributed by atoms with E-state index in [1.807, 2.05) is 12.1 Å². The Labute approximate surface area is 168 Å². The number of aromatic amines is 1. The molecular formula is C22H24FN5O. The van der Waals surface area contributed by atoms with Crippen LogP contribution in [0.4, 0.5) is 10.2 Å². The van der Waals surface area contributed by atoms with Gasteiger partial charge in [-0.25, -0.2) is 4.39 Å². The van der Waals surface area contributed by atoms with Gasteiger partial charge in [-0.1, -0.05) is 24.3 Å². The van der Waals surface area contributed by atoms with Gasteiger partial charge in [0.15, 0.2) is 11.6 Å². The molecule has 6 nitrogen and oxygen atoms in total. The summed E-state index contributed by atoms with van der Waals surface area (Å²) in [6.45, 7) is 4.48. The number of benzene rings is 2. The van der Waals surface area contributed by atoms with E-state index in [0.29, 0.717) is 12.1 Å². The predicted molar refractivity (Wildman–Crippen MR) is 111 cm³/mol. The molecule has 5 rings (SSSR count). The molecule has 2 aliphatic heterocycles. The van der Waals surface area contributed by atoms with E-state index in [2.05, 4.69) is 37.4 Å². The third kappa shape index (κ3) is 3.52. The summed E-state index contributed by atoms with van der Waals surface area (Å²) in [5.74, 6) is 0.814. The molecule has 3 heterocycles. The molecule has 29 heavy (non-hydrogen) atoms. The Hall–Kier alpha value is -2.77. The molecule has 0 aliphatic carbocycles. The first-order valence-electron chi connectivity index (χ1n) is 10.1. The number of fused-ring (bicyclic) bond motifs is 2. The summed E-state index contributed by atoms with van der Waals surface area (Å²) in [5, 5.41) is 11.6. The smallest absolute Gasteiger partial charge is 0.168 e. The molecule has 150 valence electrons. The zero-order valence-electron chi connectivity index (χ0n) is 16.2. The van der Waals surface area contributed by atoms with Crippen molar-refractivity contribution in [2.24, 2.45) is 0 Å². The minimum atomic E-state index is -0.270. The maximum Gasteiger partial charge on any atom is 0.168 e. The van der Waals surface area contributed by atoms with Crippen molar-refractivity contribution in [2.45, 2.75) is 12.5 Å². The molecule has 0 spiro atoms. The summed E-state index contributed by atoms with van der Waals surface area (Å²) in [5.41, 5.74) is 3.11. The van der Waals surface area contributed by atoms with Crippen LogP contribution in [-0.4, -0.2) is 60.1 Å². The number of carbonyl (C=O) groups is 1. The summed E-state index contributed by atoms with van der Waals surface area (Å²) in [6.07, 6.45) is 0.972. The highest BCUT2D eigenvalue weighted by Crippen LogP contribution is 2.26. The standard InChI is InChI=1S/C22H24FN5O/c23-16-5-6-18-19(13-16)25-26-22(18)28-11-9-27(10-12-28)14-20(29)21-17-4-2-1-3-15(17)7-8-24-21/h1-6,13,21,24H,7-12,14H2,(H,25,26). The molecule has 1 fully saturated rings. The van der Waals surface area contributed by atoms with Gasteiger partial charge in [-0.15, -0.1) is 0 Å². The number of Topliss-reactive ketones (excluding diaryl/α,β-unsaturated/α-hetero) is 1. The van der Waals surface area contributed by atoms with Gasteiger partial charge in [0.25, 0.3) is 0 Å². The second-order valence-electron chi connectivity index (χ2n) is 7.80. The van der Waals surface area contributed by atoms with Gasteiger partial charge in [-0.2, -0.15) is 5.10 Å². The van der Waals surface area contributed by atoms with Gasteiger partial charge in [0.1, 0.15) is 5.82 Å². The summed E-state index contributed by atoms with van der Waals surface area (Å²) in [6, 6.07) is 12.7. The van der Waals surface area contributed by atoms with Crippen LogP contribution in [0, 0.1) is 5.82 Å². The highest BCUT2D eigenvalue weighted by Gasteiger charge is 2.28. The lowest BCUT2D eigenvalue weighted by Crippen LogP contribution is -2.49. The first-order valence-corrected chi connectivity index (χ1v) is 10.1. The number of H-pyrrole nitrogens is 1. The quantitative estimate of drug-likeness (QED) is 0.712. The third-order valence-electron chi connectivity index (χ3n) is 5.99. The van der Waals surface area contributed by atoms with E-state index in [1.165, 1.54) is 17.7 Å². The van der Waals surface area contributed by atoms with Crippen LogP contribution in [-0.2, 0) is 11.2 Å². The molecule has 0 saturated carbocycles. The molecule has 1 aromatic heterocycles. The lowest BCUT2D eigenvalue weighted by Gasteiger charge is -2.35. The Bertz CT molecular complexity index is 1040. The van der Waals surface area contributed by atoms with Crippen molar-refractivity contribution in [1.82, 2.24) is 20.4 Å². The number of nitrogens with one attached hydrogen (secondary N) is 2. The molecule has 2 N–H and O–H groups in total. The summed E-state index contributed by atoms with van der Waals surface area (Å²) in [4.78, 5) is 17.4. The summed E-state index contributed by atoms with van der Waals surface area (Å²) < 4.78 is 13.4. The average Bonchev–Trinajstić information content (AvgIpc) is 3.17.